The molecule has 0 aliphatic heterocycles. The van der Waals surface area contributed by atoms with Crippen molar-refractivity contribution in [2.45, 2.75) is 27.2 Å². The number of benzene rings is 1. The van der Waals surface area contributed by atoms with E-state index in [-0.39, 0.29) is 11.8 Å². The minimum atomic E-state index is -0.137. The van der Waals surface area contributed by atoms with Crippen LogP contribution in [-0.4, -0.2) is 19.0 Å². The van der Waals surface area contributed by atoms with Crippen LogP contribution in [0.2, 0.25) is 0 Å². The maximum atomic E-state index is 12.1. The van der Waals surface area contributed by atoms with Crippen molar-refractivity contribution in [1.82, 2.24) is 5.32 Å². The van der Waals surface area contributed by atoms with Crippen LogP contribution in [0.5, 0.6) is 0 Å². The minimum absolute atomic E-state index is 0.0684. The van der Waals surface area contributed by atoms with E-state index in [2.05, 4.69) is 26.1 Å². The Balaban J connectivity index is 2.48. The Bertz CT molecular complexity index is 376. The van der Waals surface area contributed by atoms with Gasteiger partial charge in [0.1, 0.15) is 0 Å². The molecule has 0 heterocycles. The van der Waals surface area contributed by atoms with Gasteiger partial charge in [0.2, 0.25) is 5.91 Å². The van der Waals surface area contributed by atoms with E-state index in [1.54, 1.807) is 0 Å². The van der Waals surface area contributed by atoms with Crippen LogP contribution in [0.3, 0.4) is 0 Å². The fourth-order valence-corrected chi connectivity index (χ4v) is 1.82. The zero-order valence-electron chi connectivity index (χ0n) is 12.2. The van der Waals surface area contributed by atoms with Gasteiger partial charge in [-0.15, -0.1) is 0 Å². The second kappa shape index (κ2) is 7.95. The minimum Gasteiger partial charge on any atom is -0.356 e. The van der Waals surface area contributed by atoms with E-state index in [1.165, 1.54) is 0 Å². The lowest BCUT2D eigenvalue weighted by atomic mass is 9.96. The fraction of sp³-hybridized carbons (Fsp3) is 0.562. The van der Waals surface area contributed by atoms with Gasteiger partial charge in [0.25, 0.3) is 0 Å². The Labute approximate surface area is 116 Å². The third-order valence-electron chi connectivity index (χ3n) is 3.72. The first-order valence-electron chi connectivity index (χ1n) is 7.06. The highest BCUT2D eigenvalue weighted by molar-refractivity contribution is 5.79. The summed E-state index contributed by atoms with van der Waals surface area (Å²) in [6, 6.07) is 10.0. The molecule has 2 atom stereocenters. The number of carbonyl (C=O) groups is 1. The fourth-order valence-electron chi connectivity index (χ4n) is 1.82. The van der Waals surface area contributed by atoms with Crippen molar-refractivity contribution in [1.29, 1.82) is 0 Å². The number of rotatable bonds is 7. The molecule has 1 aromatic carbocycles. The van der Waals surface area contributed by atoms with Gasteiger partial charge in [-0.2, -0.15) is 0 Å². The number of amides is 1. The molecule has 0 saturated carbocycles. The van der Waals surface area contributed by atoms with E-state index >= 15 is 0 Å². The Morgan fingerprint density at radius 1 is 1.21 bits per heavy atom. The van der Waals surface area contributed by atoms with Crippen molar-refractivity contribution < 1.29 is 4.79 Å². The molecule has 0 aliphatic carbocycles. The SMILES string of the molecule is CC(C)C(C)CNC(=O)C(CN)Cc1ccccc1. The molecular weight excluding hydrogens is 236 g/mol. The van der Waals surface area contributed by atoms with Crippen molar-refractivity contribution in [2.24, 2.45) is 23.5 Å². The molecule has 19 heavy (non-hydrogen) atoms. The Kier molecular flexibility index (Phi) is 6.57. The van der Waals surface area contributed by atoms with Gasteiger partial charge in [0.15, 0.2) is 0 Å². The lowest BCUT2D eigenvalue weighted by Gasteiger charge is -2.19. The second-order valence-corrected chi connectivity index (χ2v) is 5.59. The molecule has 3 heteroatoms. The van der Waals surface area contributed by atoms with Crippen LogP contribution in [0.25, 0.3) is 0 Å². The smallest absolute Gasteiger partial charge is 0.224 e. The zero-order valence-corrected chi connectivity index (χ0v) is 12.2. The molecule has 0 aromatic heterocycles. The van der Waals surface area contributed by atoms with E-state index in [0.717, 1.165) is 12.1 Å². The maximum Gasteiger partial charge on any atom is 0.224 e. The number of nitrogens with two attached hydrogens (primary N) is 1. The van der Waals surface area contributed by atoms with E-state index in [1.807, 2.05) is 30.3 Å². The van der Waals surface area contributed by atoms with Gasteiger partial charge in [-0.1, -0.05) is 51.1 Å². The Morgan fingerprint density at radius 2 is 1.84 bits per heavy atom. The van der Waals surface area contributed by atoms with Crippen LogP contribution in [0.1, 0.15) is 26.3 Å². The summed E-state index contributed by atoms with van der Waals surface area (Å²) < 4.78 is 0. The summed E-state index contributed by atoms with van der Waals surface area (Å²) in [4.78, 5) is 12.1. The summed E-state index contributed by atoms with van der Waals surface area (Å²) in [5, 5.41) is 3.02. The molecule has 0 fully saturated rings. The summed E-state index contributed by atoms with van der Waals surface area (Å²) in [6.07, 6.45) is 0.708. The predicted molar refractivity (Wildman–Crippen MR) is 79.7 cm³/mol. The summed E-state index contributed by atoms with van der Waals surface area (Å²) in [5.74, 6) is 0.991. The van der Waals surface area contributed by atoms with Gasteiger partial charge in [-0.3, -0.25) is 4.79 Å². The Hall–Kier alpha value is -1.35. The van der Waals surface area contributed by atoms with Crippen LogP contribution in [-0.2, 0) is 11.2 Å². The molecular formula is C16H26N2O. The highest BCUT2D eigenvalue weighted by Crippen LogP contribution is 2.10. The molecule has 3 N–H and O–H groups in total. The molecule has 2 unspecified atom stereocenters. The van der Waals surface area contributed by atoms with Crippen molar-refractivity contribution in [3.8, 4) is 0 Å². The van der Waals surface area contributed by atoms with Crippen LogP contribution < -0.4 is 11.1 Å². The van der Waals surface area contributed by atoms with Crippen molar-refractivity contribution >= 4 is 5.91 Å². The monoisotopic (exact) mass is 262 g/mol. The summed E-state index contributed by atoms with van der Waals surface area (Å²) >= 11 is 0. The van der Waals surface area contributed by atoms with Gasteiger partial charge in [0.05, 0.1) is 5.92 Å². The lowest BCUT2D eigenvalue weighted by Crippen LogP contribution is -2.39. The van der Waals surface area contributed by atoms with Gasteiger partial charge >= 0.3 is 0 Å². The largest absolute Gasteiger partial charge is 0.356 e. The van der Waals surface area contributed by atoms with Gasteiger partial charge in [0, 0.05) is 13.1 Å². The molecule has 0 radical (unpaired) electrons. The second-order valence-electron chi connectivity index (χ2n) is 5.59. The molecule has 0 saturated heterocycles. The van der Waals surface area contributed by atoms with Gasteiger partial charge in [-0.25, -0.2) is 0 Å². The summed E-state index contributed by atoms with van der Waals surface area (Å²) in [5.41, 5.74) is 6.88. The van der Waals surface area contributed by atoms with Gasteiger partial charge in [-0.05, 0) is 23.8 Å². The van der Waals surface area contributed by atoms with Crippen LogP contribution in [0.4, 0.5) is 0 Å². The molecule has 0 spiro atoms. The van der Waals surface area contributed by atoms with Crippen molar-refractivity contribution in [3.05, 3.63) is 35.9 Å². The first kappa shape index (κ1) is 15.7. The molecule has 0 bridgehead atoms. The lowest BCUT2D eigenvalue weighted by molar-refractivity contribution is -0.124. The molecule has 1 rings (SSSR count). The third-order valence-corrected chi connectivity index (χ3v) is 3.72. The third kappa shape index (κ3) is 5.43. The van der Waals surface area contributed by atoms with E-state index < -0.39 is 0 Å². The molecule has 1 aromatic rings. The van der Waals surface area contributed by atoms with E-state index in [4.69, 9.17) is 5.73 Å². The summed E-state index contributed by atoms with van der Waals surface area (Å²) in [6.45, 7) is 7.60. The topological polar surface area (TPSA) is 55.1 Å². The standard InChI is InChI=1S/C16H26N2O/c1-12(2)13(3)11-18-16(19)15(10-17)9-14-7-5-4-6-8-14/h4-8,12-13,15H,9-11,17H2,1-3H3,(H,18,19). The van der Waals surface area contributed by atoms with E-state index in [0.29, 0.717) is 24.8 Å². The van der Waals surface area contributed by atoms with Crippen LogP contribution in [0.15, 0.2) is 30.3 Å². The molecule has 0 aliphatic rings. The molecule has 3 nitrogen and oxygen atoms in total. The number of nitrogens with one attached hydrogen (secondary N) is 1. The first-order chi connectivity index (χ1) is 9.04. The summed E-state index contributed by atoms with van der Waals surface area (Å²) in [7, 11) is 0. The maximum absolute atomic E-state index is 12.1. The normalized spacial score (nSPS) is 14.2. The quantitative estimate of drug-likeness (QED) is 0.791. The molecule has 1 amide bonds. The average molecular weight is 262 g/mol. The highest BCUT2D eigenvalue weighted by atomic mass is 16.1. The predicted octanol–water partition coefficient (Wildman–Crippen LogP) is 2.21. The first-order valence-corrected chi connectivity index (χ1v) is 7.06. The highest BCUT2D eigenvalue weighted by Gasteiger charge is 2.18. The molecule has 106 valence electrons. The van der Waals surface area contributed by atoms with Gasteiger partial charge < -0.3 is 11.1 Å². The number of carbonyl (C=O) groups excluding carboxylic acids is 1. The zero-order chi connectivity index (χ0) is 14.3. The number of hydrogen-bond donors (Lipinski definition) is 2. The van der Waals surface area contributed by atoms with Crippen LogP contribution in [0, 0.1) is 17.8 Å². The number of hydrogen-bond acceptors (Lipinski definition) is 2. The van der Waals surface area contributed by atoms with Crippen LogP contribution >= 0.6 is 0 Å². The van der Waals surface area contributed by atoms with Crippen molar-refractivity contribution in [3.63, 3.8) is 0 Å². The Morgan fingerprint density at radius 3 is 2.37 bits per heavy atom. The van der Waals surface area contributed by atoms with Crippen molar-refractivity contribution in [2.75, 3.05) is 13.1 Å². The van der Waals surface area contributed by atoms with E-state index in [9.17, 15) is 4.79 Å². The average Bonchev–Trinajstić information content (AvgIpc) is 2.42.